The topological polar surface area (TPSA) is 18.5 Å². The fraction of sp³-hybridized carbons (Fsp3) is 0.143. The molecule has 3 heteroatoms. The average molecular weight is 128 g/mol. The molecular formula is C7H5LiO2. The molecular weight excluding hydrogens is 123 g/mol. The zero-order valence-electron chi connectivity index (χ0n) is 5.76. The first-order chi connectivity index (χ1) is 4.86. The molecule has 0 fully saturated rings. The van der Waals surface area contributed by atoms with E-state index in [1.165, 1.54) is 4.24 Å². The molecule has 1 aliphatic rings. The minimum absolute atomic E-state index is 0.360. The van der Waals surface area contributed by atoms with Crippen LogP contribution in [0.25, 0.3) is 0 Å². The Bertz CT molecular complexity index is 260. The number of benzene rings is 1. The van der Waals surface area contributed by atoms with E-state index >= 15 is 0 Å². The average Bonchev–Trinajstić information content (AvgIpc) is 2.33. The van der Waals surface area contributed by atoms with Crippen LogP contribution in [0.3, 0.4) is 0 Å². The number of rotatable bonds is 0. The van der Waals surface area contributed by atoms with Crippen molar-refractivity contribution < 1.29 is 9.47 Å². The zero-order chi connectivity index (χ0) is 6.97. The molecule has 0 spiro atoms. The predicted molar refractivity (Wildman–Crippen MR) is 38.0 cm³/mol. The van der Waals surface area contributed by atoms with Crippen molar-refractivity contribution in [3.05, 3.63) is 18.2 Å². The van der Waals surface area contributed by atoms with Gasteiger partial charge in [-0.15, -0.1) is 0 Å². The normalized spacial score (nSPS) is 13.8. The van der Waals surface area contributed by atoms with Gasteiger partial charge in [-0.3, -0.25) is 0 Å². The molecule has 0 radical (unpaired) electrons. The van der Waals surface area contributed by atoms with E-state index in [4.69, 9.17) is 9.47 Å². The van der Waals surface area contributed by atoms with Gasteiger partial charge in [0.25, 0.3) is 0 Å². The molecule has 2 rings (SSSR count). The predicted octanol–water partition coefficient (Wildman–Crippen LogP) is 0.209. The van der Waals surface area contributed by atoms with Crippen molar-refractivity contribution >= 4 is 22.0 Å². The van der Waals surface area contributed by atoms with Gasteiger partial charge in [-0.05, 0) is 0 Å². The summed E-state index contributed by atoms with van der Waals surface area (Å²) in [5, 5.41) is 0. The maximum atomic E-state index is 5.16. The zero-order valence-corrected chi connectivity index (χ0v) is 5.76. The molecule has 0 atom stereocenters. The van der Waals surface area contributed by atoms with Gasteiger partial charge in [0.05, 0.1) is 0 Å². The summed E-state index contributed by atoms with van der Waals surface area (Å²) in [7, 11) is 0. The van der Waals surface area contributed by atoms with Gasteiger partial charge < -0.3 is 0 Å². The molecule has 1 aliphatic heterocycles. The molecule has 0 bridgehead atoms. The fourth-order valence-electron chi connectivity index (χ4n) is 1.00. The molecule has 0 saturated carbocycles. The van der Waals surface area contributed by atoms with E-state index in [2.05, 4.69) is 0 Å². The summed E-state index contributed by atoms with van der Waals surface area (Å²) in [4.78, 5) is 0. The van der Waals surface area contributed by atoms with Crippen LogP contribution >= 0.6 is 0 Å². The van der Waals surface area contributed by atoms with Crippen molar-refractivity contribution in [2.45, 2.75) is 0 Å². The van der Waals surface area contributed by atoms with Crippen LogP contribution in [0, 0.1) is 0 Å². The summed E-state index contributed by atoms with van der Waals surface area (Å²) in [6.07, 6.45) is 0. The summed E-state index contributed by atoms with van der Waals surface area (Å²) in [6.45, 7) is 0.360. The minimum atomic E-state index is 0.360. The van der Waals surface area contributed by atoms with Crippen LogP contribution in [-0.4, -0.2) is 24.5 Å². The number of hydrogen-bond donors (Lipinski definition) is 0. The summed E-state index contributed by atoms with van der Waals surface area (Å²) in [5.74, 6) is 1.71. The molecule has 1 aromatic carbocycles. The van der Waals surface area contributed by atoms with Gasteiger partial charge in [0, 0.05) is 0 Å². The third-order valence-electron chi connectivity index (χ3n) is 1.53. The summed E-state index contributed by atoms with van der Waals surface area (Å²) in [5.41, 5.74) is 0. The van der Waals surface area contributed by atoms with Crippen LogP contribution < -0.4 is 13.7 Å². The molecule has 10 heavy (non-hydrogen) atoms. The van der Waals surface area contributed by atoms with Crippen LogP contribution in [0.2, 0.25) is 0 Å². The van der Waals surface area contributed by atoms with E-state index in [1.807, 2.05) is 35.9 Å². The van der Waals surface area contributed by atoms with Crippen LogP contribution in [-0.2, 0) is 0 Å². The van der Waals surface area contributed by atoms with Crippen molar-refractivity contribution in [1.29, 1.82) is 0 Å². The SMILES string of the molecule is [Li][c]1ccc2c(c1)OCO2. The van der Waals surface area contributed by atoms with Gasteiger partial charge in [0.15, 0.2) is 0 Å². The number of fused-ring (bicyclic) bond motifs is 1. The number of hydrogen-bond acceptors (Lipinski definition) is 2. The van der Waals surface area contributed by atoms with Crippen LogP contribution in [0.5, 0.6) is 11.5 Å². The third-order valence-corrected chi connectivity index (χ3v) is 1.53. The summed E-state index contributed by atoms with van der Waals surface area (Å²) < 4.78 is 11.5. The Morgan fingerprint density at radius 1 is 1.20 bits per heavy atom. The van der Waals surface area contributed by atoms with Crippen molar-refractivity contribution in [3.63, 3.8) is 0 Å². The van der Waals surface area contributed by atoms with E-state index in [0.29, 0.717) is 6.79 Å². The van der Waals surface area contributed by atoms with E-state index < -0.39 is 0 Å². The van der Waals surface area contributed by atoms with E-state index in [-0.39, 0.29) is 0 Å². The monoisotopic (exact) mass is 128 g/mol. The molecule has 0 saturated heterocycles. The Hall–Kier alpha value is -0.583. The van der Waals surface area contributed by atoms with E-state index in [0.717, 1.165) is 11.5 Å². The third kappa shape index (κ3) is 0.901. The molecule has 1 heterocycles. The molecule has 0 aromatic heterocycles. The van der Waals surface area contributed by atoms with Crippen molar-refractivity contribution in [2.75, 3.05) is 6.79 Å². The summed E-state index contributed by atoms with van der Waals surface area (Å²) in [6, 6.07) is 5.91. The second-order valence-corrected chi connectivity index (χ2v) is 2.36. The van der Waals surface area contributed by atoms with E-state index in [1.54, 1.807) is 0 Å². The summed E-state index contributed by atoms with van der Waals surface area (Å²) >= 11 is 2.03. The van der Waals surface area contributed by atoms with Crippen molar-refractivity contribution in [1.82, 2.24) is 0 Å². The first-order valence-electron chi connectivity index (χ1n) is 3.22. The van der Waals surface area contributed by atoms with Gasteiger partial charge in [0.1, 0.15) is 0 Å². The first kappa shape index (κ1) is 6.15. The molecule has 46 valence electrons. The molecule has 0 amide bonds. The maximum absolute atomic E-state index is 5.16. The molecule has 0 N–H and O–H groups in total. The van der Waals surface area contributed by atoms with Gasteiger partial charge in [0.2, 0.25) is 0 Å². The van der Waals surface area contributed by atoms with Crippen LogP contribution in [0.1, 0.15) is 0 Å². The Labute approximate surface area is 68.3 Å². The van der Waals surface area contributed by atoms with Crippen LogP contribution in [0.15, 0.2) is 18.2 Å². The fourth-order valence-corrected chi connectivity index (χ4v) is 1.00. The second-order valence-electron chi connectivity index (χ2n) is 2.36. The van der Waals surface area contributed by atoms with Crippen LogP contribution in [0.4, 0.5) is 0 Å². The molecule has 2 nitrogen and oxygen atoms in total. The van der Waals surface area contributed by atoms with Crippen molar-refractivity contribution in [2.24, 2.45) is 0 Å². The van der Waals surface area contributed by atoms with Gasteiger partial charge in [-0.25, -0.2) is 0 Å². The van der Waals surface area contributed by atoms with Gasteiger partial charge in [-0.2, -0.15) is 0 Å². The Morgan fingerprint density at radius 3 is 2.90 bits per heavy atom. The molecule has 0 aliphatic carbocycles. The van der Waals surface area contributed by atoms with Gasteiger partial charge >= 0.3 is 67.9 Å². The molecule has 0 unspecified atom stereocenters. The standard InChI is InChI=1S/C7H5O2.Li/c1-2-4-7-6(3-1)8-5-9-7;/h1,3-4H,5H2;. The second kappa shape index (κ2) is 2.23. The van der Waals surface area contributed by atoms with Crippen molar-refractivity contribution in [3.8, 4) is 11.5 Å². The Kier molecular flexibility index (Phi) is 1.37. The number of ether oxygens (including phenoxy) is 2. The van der Waals surface area contributed by atoms with Gasteiger partial charge in [-0.1, -0.05) is 0 Å². The van der Waals surface area contributed by atoms with E-state index in [9.17, 15) is 0 Å². The first-order valence-corrected chi connectivity index (χ1v) is 3.22. The Morgan fingerprint density at radius 2 is 2.00 bits per heavy atom. The Balaban J connectivity index is 2.52. The quantitative estimate of drug-likeness (QED) is 0.465. The molecule has 1 aromatic rings.